The Bertz CT molecular complexity index is 170. The van der Waals surface area contributed by atoms with Crippen LogP contribution in [0.2, 0.25) is 0 Å². The Balaban J connectivity index is 3.95. The third-order valence-electron chi connectivity index (χ3n) is 3.20. The second-order valence-corrected chi connectivity index (χ2v) is 6.63. The first-order valence-electron chi connectivity index (χ1n) is 6.59. The van der Waals surface area contributed by atoms with Gasteiger partial charge in [-0.3, -0.25) is 0 Å². The summed E-state index contributed by atoms with van der Waals surface area (Å²) in [5.41, 5.74) is 0.449. The van der Waals surface area contributed by atoms with E-state index in [2.05, 4.69) is 51.9 Å². The van der Waals surface area contributed by atoms with Crippen LogP contribution in [0.1, 0.15) is 41.0 Å². The third-order valence-corrected chi connectivity index (χ3v) is 3.20. The molecular weight excluding hydrogens is 196 g/mol. The molecule has 0 saturated carbocycles. The molecule has 0 aromatic carbocycles. The summed E-state index contributed by atoms with van der Waals surface area (Å²) in [6, 6.07) is 0. The van der Waals surface area contributed by atoms with Gasteiger partial charge in [0.1, 0.15) is 0 Å². The molecule has 0 spiro atoms. The highest BCUT2D eigenvalue weighted by molar-refractivity contribution is 4.71. The van der Waals surface area contributed by atoms with Gasteiger partial charge in [0.25, 0.3) is 0 Å². The number of hydrogen-bond acceptors (Lipinski definition) is 2. The first-order valence-corrected chi connectivity index (χ1v) is 6.59. The van der Waals surface area contributed by atoms with E-state index in [1.165, 1.54) is 19.5 Å². The molecule has 1 N–H and O–H groups in total. The van der Waals surface area contributed by atoms with Crippen molar-refractivity contribution in [1.29, 1.82) is 0 Å². The maximum atomic E-state index is 3.30. The lowest BCUT2D eigenvalue weighted by Crippen LogP contribution is -2.35. The van der Waals surface area contributed by atoms with Gasteiger partial charge in [0.15, 0.2) is 0 Å². The van der Waals surface area contributed by atoms with Gasteiger partial charge in [0.05, 0.1) is 0 Å². The van der Waals surface area contributed by atoms with E-state index in [-0.39, 0.29) is 0 Å². The van der Waals surface area contributed by atoms with E-state index in [9.17, 15) is 0 Å². The fourth-order valence-electron chi connectivity index (χ4n) is 1.79. The molecule has 0 aromatic rings. The van der Waals surface area contributed by atoms with Gasteiger partial charge in [0.2, 0.25) is 0 Å². The van der Waals surface area contributed by atoms with Crippen LogP contribution < -0.4 is 5.32 Å². The quantitative estimate of drug-likeness (QED) is 0.721. The SMILES string of the molecule is CNCC(CN(C)CCC(C)(C)C)C(C)C. The average Bonchev–Trinajstić information content (AvgIpc) is 2.13. The maximum Gasteiger partial charge on any atom is 0.00212 e. The molecule has 0 aromatic heterocycles. The first kappa shape index (κ1) is 15.9. The van der Waals surface area contributed by atoms with Crippen LogP contribution in [0, 0.1) is 17.3 Å². The predicted molar refractivity (Wildman–Crippen MR) is 73.8 cm³/mol. The van der Waals surface area contributed by atoms with Gasteiger partial charge in [-0.25, -0.2) is 0 Å². The summed E-state index contributed by atoms with van der Waals surface area (Å²) in [7, 11) is 4.29. The lowest BCUT2D eigenvalue weighted by atomic mass is 9.91. The molecule has 0 saturated heterocycles. The first-order chi connectivity index (χ1) is 7.26. The largest absolute Gasteiger partial charge is 0.319 e. The molecule has 2 heteroatoms. The van der Waals surface area contributed by atoms with Crippen molar-refractivity contribution < 1.29 is 0 Å². The summed E-state index contributed by atoms with van der Waals surface area (Å²) in [4.78, 5) is 2.48. The average molecular weight is 228 g/mol. The molecule has 0 heterocycles. The van der Waals surface area contributed by atoms with Crippen molar-refractivity contribution in [2.24, 2.45) is 17.3 Å². The standard InChI is InChI=1S/C14H32N2/c1-12(2)13(10-15-6)11-16(7)9-8-14(3,4)5/h12-13,15H,8-11H2,1-7H3. The zero-order chi connectivity index (χ0) is 12.8. The van der Waals surface area contributed by atoms with Gasteiger partial charge in [0, 0.05) is 6.54 Å². The summed E-state index contributed by atoms with van der Waals surface area (Å²) in [6.07, 6.45) is 1.27. The fourth-order valence-corrected chi connectivity index (χ4v) is 1.79. The molecule has 0 radical (unpaired) electrons. The Labute approximate surface area is 103 Å². The van der Waals surface area contributed by atoms with Crippen LogP contribution in [0.25, 0.3) is 0 Å². The van der Waals surface area contributed by atoms with Crippen LogP contribution in [-0.2, 0) is 0 Å². The lowest BCUT2D eigenvalue weighted by Gasteiger charge is -2.29. The highest BCUT2D eigenvalue weighted by atomic mass is 15.1. The fraction of sp³-hybridized carbons (Fsp3) is 1.00. The zero-order valence-electron chi connectivity index (χ0n) is 12.4. The highest BCUT2D eigenvalue weighted by Gasteiger charge is 2.16. The van der Waals surface area contributed by atoms with E-state index in [1.54, 1.807) is 0 Å². The second-order valence-electron chi connectivity index (χ2n) is 6.63. The minimum Gasteiger partial charge on any atom is -0.319 e. The van der Waals surface area contributed by atoms with Gasteiger partial charge in [-0.05, 0) is 50.9 Å². The Morgan fingerprint density at radius 2 is 1.75 bits per heavy atom. The van der Waals surface area contributed by atoms with Gasteiger partial charge >= 0.3 is 0 Å². The van der Waals surface area contributed by atoms with Gasteiger partial charge in [-0.1, -0.05) is 34.6 Å². The van der Waals surface area contributed by atoms with Gasteiger partial charge < -0.3 is 10.2 Å². The molecule has 16 heavy (non-hydrogen) atoms. The van der Waals surface area contributed by atoms with Crippen molar-refractivity contribution >= 4 is 0 Å². The molecule has 0 bridgehead atoms. The molecule has 0 amide bonds. The molecule has 0 aliphatic rings. The molecule has 1 atom stereocenters. The van der Waals surface area contributed by atoms with Gasteiger partial charge in [-0.15, -0.1) is 0 Å². The van der Waals surface area contributed by atoms with E-state index < -0.39 is 0 Å². The van der Waals surface area contributed by atoms with E-state index in [1.807, 2.05) is 7.05 Å². The van der Waals surface area contributed by atoms with Crippen LogP contribution in [0.15, 0.2) is 0 Å². The monoisotopic (exact) mass is 228 g/mol. The minimum absolute atomic E-state index is 0.449. The zero-order valence-corrected chi connectivity index (χ0v) is 12.4. The summed E-state index contributed by atoms with van der Waals surface area (Å²) in [5, 5.41) is 3.30. The van der Waals surface area contributed by atoms with Gasteiger partial charge in [-0.2, -0.15) is 0 Å². The molecule has 0 aliphatic heterocycles. The smallest absolute Gasteiger partial charge is 0.00212 e. The van der Waals surface area contributed by atoms with E-state index in [0.29, 0.717) is 5.41 Å². The third kappa shape index (κ3) is 8.12. The van der Waals surface area contributed by atoms with Crippen molar-refractivity contribution in [2.45, 2.75) is 41.0 Å². The van der Waals surface area contributed by atoms with E-state index >= 15 is 0 Å². The van der Waals surface area contributed by atoms with E-state index in [0.717, 1.165) is 18.4 Å². The highest BCUT2D eigenvalue weighted by Crippen LogP contribution is 2.19. The summed E-state index contributed by atoms with van der Waals surface area (Å²) in [5.74, 6) is 1.51. The van der Waals surface area contributed by atoms with E-state index in [4.69, 9.17) is 0 Å². The minimum atomic E-state index is 0.449. The van der Waals surface area contributed by atoms with Crippen LogP contribution in [0.3, 0.4) is 0 Å². The summed E-state index contributed by atoms with van der Waals surface area (Å²) in [6.45, 7) is 15.1. The van der Waals surface area contributed by atoms with Crippen LogP contribution >= 0.6 is 0 Å². The maximum absolute atomic E-state index is 3.30. The van der Waals surface area contributed by atoms with Crippen LogP contribution in [0.4, 0.5) is 0 Å². The van der Waals surface area contributed by atoms with Crippen molar-refractivity contribution in [1.82, 2.24) is 10.2 Å². The predicted octanol–water partition coefficient (Wildman–Crippen LogP) is 2.85. The Morgan fingerprint density at radius 3 is 2.12 bits per heavy atom. The summed E-state index contributed by atoms with van der Waals surface area (Å²) < 4.78 is 0. The topological polar surface area (TPSA) is 15.3 Å². The van der Waals surface area contributed by atoms with Crippen LogP contribution in [-0.4, -0.2) is 38.6 Å². The summed E-state index contributed by atoms with van der Waals surface area (Å²) >= 11 is 0. The number of hydrogen-bond donors (Lipinski definition) is 1. The number of rotatable bonds is 7. The molecule has 0 fully saturated rings. The van der Waals surface area contributed by atoms with Crippen molar-refractivity contribution in [3.8, 4) is 0 Å². The Kier molecular flexibility index (Phi) is 7.25. The molecule has 0 aliphatic carbocycles. The molecule has 1 unspecified atom stereocenters. The van der Waals surface area contributed by atoms with Crippen LogP contribution in [0.5, 0.6) is 0 Å². The molecule has 98 valence electrons. The Hall–Kier alpha value is -0.0800. The number of nitrogens with one attached hydrogen (secondary N) is 1. The normalized spacial score (nSPS) is 14.8. The lowest BCUT2D eigenvalue weighted by molar-refractivity contribution is 0.207. The van der Waals surface area contributed by atoms with Crippen molar-refractivity contribution in [2.75, 3.05) is 33.7 Å². The second kappa shape index (κ2) is 7.29. The number of nitrogens with zero attached hydrogens (tertiary/aromatic N) is 1. The molecule has 0 rings (SSSR count). The van der Waals surface area contributed by atoms with Crippen molar-refractivity contribution in [3.63, 3.8) is 0 Å². The van der Waals surface area contributed by atoms with Crippen molar-refractivity contribution in [3.05, 3.63) is 0 Å². The Morgan fingerprint density at radius 1 is 1.19 bits per heavy atom. The molecular formula is C14H32N2. The molecule has 2 nitrogen and oxygen atoms in total.